The van der Waals surface area contributed by atoms with Gasteiger partial charge in [-0.3, -0.25) is 0 Å². The lowest BCUT2D eigenvalue weighted by Gasteiger charge is -2.38. The van der Waals surface area contributed by atoms with E-state index in [4.69, 9.17) is 9.47 Å². The lowest BCUT2D eigenvalue weighted by Crippen LogP contribution is -2.34. The Bertz CT molecular complexity index is 1380. The summed E-state index contributed by atoms with van der Waals surface area (Å²) in [5.74, 6) is -1.10. The van der Waals surface area contributed by atoms with Gasteiger partial charge in [0, 0.05) is 40.4 Å². The van der Waals surface area contributed by atoms with Crippen molar-refractivity contribution < 1.29 is 19.1 Å². The van der Waals surface area contributed by atoms with Crippen molar-refractivity contribution in [3.8, 4) is 0 Å². The molecule has 0 unspecified atom stereocenters. The number of fused-ring (bicyclic) bond motifs is 1. The molecule has 0 fully saturated rings. The number of hydrogen-bond acceptors (Lipinski definition) is 8. The molecule has 0 aromatic heterocycles. The molecule has 1 heterocycles. The molecule has 6 nitrogen and oxygen atoms in total. The maximum absolute atomic E-state index is 13.5. The molecule has 1 aliphatic heterocycles. The maximum Gasteiger partial charge on any atom is 0.345 e. The summed E-state index contributed by atoms with van der Waals surface area (Å²) in [6.07, 6.45) is 7.28. The van der Waals surface area contributed by atoms with Crippen LogP contribution in [0.1, 0.15) is 31.4 Å². The summed E-state index contributed by atoms with van der Waals surface area (Å²) in [5, 5.41) is 3.54. The molecule has 2 aliphatic rings. The van der Waals surface area contributed by atoms with E-state index < -0.39 is 11.9 Å². The molecule has 0 radical (unpaired) electrons. The number of carbonyl (C=O) groups excluding carboxylic acids is 2. The van der Waals surface area contributed by atoms with Gasteiger partial charge in [-0.05, 0) is 30.3 Å². The molecule has 0 atom stereocenters. The fraction of sp³-hybridized carbons (Fsp3) is 0.333. The average Bonchev–Trinajstić information content (AvgIpc) is 2.98. The van der Waals surface area contributed by atoms with E-state index in [1.54, 1.807) is 11.8 Å². The molecule has 0 amide bonds. The molecule has 8 heteroatoms. The SMILES string of the molecule is COC(=O)C1=C(C(=O)OC)C(N(CCCNCc2ccccc2)Cc2ccccc2)=C2C(SC)=CC(C)(C)C=C2S1. The first kappa shape index (κ1) is 30.8. The zero-order valence-corrected chi connectivity index (χ0v) is 26.0. The van der Waals surface area contributed by atoms with Gasteiger partial charge in [-0.2, -0.15) is 0 Å². The summed E-state index contributed by atoms with van der Waals surface area (Å²) in [5.41, 5.74) is 4.05. The second-order valence-electron chi connectivity index (χ2n) is 10.5. The number of nitrogens with zero attached hydrogens (tertiary/aromatic N) is 1. The number of allylic oxidation sites excluding steroid dienone is 4. The Hall–Kier alpha value is -3.20. The number of carbonyl (C=O) groups is 2. The van der Waals surface area contributed by atoms with Crippen molar-refractivity contribution in [2.24, 2.45) is 5.41 Å². The third-order valence-corrected chi connectivity index (χ3v) is 8.76. The highest BCUT2D eigenvalue weighted by Gasteiger charge is 2.40. The van der Waals surface area contributed by atoms with Gasteiger partial charge in [0.1, 0.15) is 10.5 Å². The quantitative estimate of drug-likeness (QED) is 0.224. The van der Waals surface area contributed by atoms with Crippen molar-refractivity contribution in [1.82, 2.24) is 10.2 Å². The van der Waals surface area contributed by atoms with Gasteiger partial charge in [0.25, 0.3) is 0 Å². The van der Waals surface area contributed by atoms with Crippen LogP contribution < -0.4 is 5.32 Å². The van der Waals surface area contributed by atoms with Crippen LogP contribution in [-0.4, -0.2) is 50.4 Å². The summed E-state index contributed by atoms with van der Waals surface area (Å²) in [4.78, 5) is 31.1. The zero-order valence-electron chi connectivity index (χ0n) is 24.4. The number of esters is 2. The van der Waals surface area contributed by atoms with Crippen LogP contribution in [0.15, 0.2) is 104 Å². The second-order valence-corrected chi connectivity index (χ2v) is 12.4. The minimum atomic E-state index is -0.551. The first-order valence-electron chi connectivity index (χ1n) is 13.6. The highest BCUT2D eigenvalue weighted by molar-refractivity contribution is 8.08. The van der Waals surface area contributed by atoms with Crippen LogP contribution in [0.25, 0.3) is 0 Å². The smallest absolute Gasteiger partial charge is 0.345 e. The summed E-state index contributed by atoms with van der Waals surface area (Å²) in [7, 11) is 2.70. The van der Waals surface area contributed by atoms with Crippen molar-refractivity contribution >= 4 is 35.5 Å². The Labute approximate surface area is 251 Å². The molecular weight excluding hydrogens is 553 g/mol. The van der Waals surface area contributed by atoms with Gasteiger partial charge in [-0.25, -0.2) is 9.59 Å². The molecule has 216 valence electrons. The molecule has 0 spiro atoms. The van der Waals surface area contributed by atoms with Crippen molar-refractivity contribution in [2.45, 2.75) is 33.4 Å². The van der Waals surface area contributed by atoms with Gasteiger partial charge < -0.3 is 19.7 Å². The van der Waals surface area contributed by atoms with Crippen molar-refractivity contribution in [3.63, 3.8) is 0 Å². The largest absolute Gasteiger partial charge is 0.465 e. The lowest BCUT2D eigenvalue weighted by molar-refractivity contribution is -0.138. The van der Waals surface area contributed by atoms with Gasteiger partial charge in [0.05, 0.1) is 19.9 Å². The number of nitrogens with one attached hydrogen (secondary N) is 1. The van der Waals surface area contributed by atoms with Crippen LogP contribution in [-0.2, 0) is 32.2 Å². The minimum absolute atomic E-state index is 0.217. The van der Waals surface area contributed by atoms with Gasteiger partial charge in [0.2, 0.25) is 0 Å². The third kappa shape index (κ3) is 7.56. The van der Waals surface area contributed by atoms with E-state index in [1.807, 2.05) is 42.7 Å². The summed E-state index contributed by atoms with van der Waals surface area (Å²) < 4.78 is 10.5. The lowest BCUT2D eigenvalue weighted by atomic mass is 9.85. The minimum Gasteiger partial charge on any atom is -0.465 e. The van der Waals surface area contributed by atoms with E-state index >= 15 is 0 Å². The zero-order chi connectivity index (χ0) is 29.4. The van der Waals surface area contributed by atoms with Gasteiger partial charge >= 0.3 is 11.9 Å². The van der Waals surface area contributed by atoms with E-state index in [1.165, 1.54) is 31.5 Å². The van der Waals surface area contributed by atoms with Crippen LogP contribution in [0.5, 0.6) is 0 Å². The van der Waals surface area contributed by atoms with Crippen LogP contribution in [0.2, 0.25) is 0 Å². The standard InChI is InChI=1S/C33H38N2O4S2/c1-33(2)19-25(40-5)27-26(20-33)41-30(32(37)39-4)28(31(36)38-3)29(27)35(22-24-15-10-7-11-16-24)18-12-17-34-21-23-13-8-6-9-14-23/h6-11,13-16,19-20,34H,12,17-18,21-22H2,1-5H3. The van der Waals surface area contributed by atoms with Gasteiger partial charge in [-0.1, -0.05) is 98.4 Å². The molecule has 41 heavy (non-hydrogen) atoms. The molecular formula is C33H38N2O4S2. The van der Waals surface area contributed by atoms with E-state index in [0.717, 1.165) is 40.5 Å². The molecule has 1 N–H and O–H groups in total. The Kier molecular flexibility index (Phi) is 10.6. The summed E-state index contributed by atoms with van der Waals surface area (Å²) in [6.45, 7) is 7.09. The van der Waals surface area contributed by atoms with E-state index in [2.05, 4.69) is 60.5 Å². The van der Waals surface area contributed by atoms with Crippen molar-refractivity contribution in [2.75, 3.05) is 33.6 Å². The van der Waals surface area contributed by atoms with Crippen molar-refractivity contribution in [1.29, 1.82) is 0 Å². The summed E-state index contributed by atoms with van der Waals surface area (Å²) in [6, 6.07) is 20.5. The number of ether oxygens (including phenoxy) is 2. The number of thioether (sulfide) groups is 2. The predicted molar refractivity (Wildman–Crippen MR) is 169 cm³/mol. The first-order chi connectivity index (χ1) is 19.8. The highest BCUT2D eigenvalue weighted by Crippen LogP contribution is 2.53. The van der Waals surface area contributed by atoms with E-state index in [-0.39, 0.29) is 15.9 Å². The third-order valence-electron chi connectivity index (χ3n) is 6.88. The molecule has 4 rings (SSSR count). The predicted octanol–water partition coefficient (Wildman–Crippen LogP) is 6.44. The number of hydrogen-bond donors (Lipinski definition) is 1. The van der Waals surface area contributed by atoms with Crippen LogP contribution in [0.4, 0.5) is 0 Å². The normalized spacial score (nSPS) is 16.0. The van der Waals surface area contributed by atoms with E-state index in [0.29, 0.717) is 18.8 Å². The topological polar surface area (TPSA) is 67.9 Å². The Morgan fingerprint density at radius 2 is 1.56 bits per heavy atom. The first-order valence-corrected chi connectivity index (χ1v) is 15.7. The molecule has 0 saturated carbocycles. The Balaban J connectivity index is 1.79. The van der Waals surface area contributed by atoms with Crippen LogP contribution >= 0.6 is 23.5 Å². The van der Waals surface area contributed by atoms with E-state index in [9.17, 15) is 9.59 Å². The second kappa shape index (κ2) is 14.1. The fourth-order valence-electron chi connectivity index (χ4n) is 4.99. The van der Waals surface area contributed by atoms with Crippen LogP contribution in [0, 0.1) is 5.41 Å². The molecule has 1 aliphatic carbocycles. The number of methoxy groups -OCH3 is 2. The molecule has 0 saturated heterocycles. The fourth-order valence-corrected chi connectivity index (χ4v) is 7.23. The van der Waals surface area contributed by atoms with Gasteiger partial charge in [-0.15, -0.1) is 11.8 Å². The Morgan fingerprint density at radius 1 is 0.927 bits per heavy atom. The van der Waals surface area contributed by atoms with Crippen LogP contribution in [0.3, 0.4) is 0 Å². The molecule has 2 aromatic rings. The molecule has 2 aromatic carbocycles. The van der Waals surface area contributed by atoms with Crippen molar-refractivity contribution in [3.05, 3.63) is 116 Å². The monoisotopic (exact) mass is 590 g/mol. The highest BCUT2D eigenvalue weighted by atomic mass is 32.2. The Morgan fingerprint density at radius 3 is 2.17 bits per heavy atom. The summed E-state index contributed by atoms with van der Waals surface area (Å²) >= 11 is 2.94. The van der Waals surface area contributed by atoms with Gasteiger partial charge in [0.15, 0.2) is 0 Å². The number of benzene rings is 2. The average molecular weight is 591 g/mol. The molecule has 0 bridgehead atoms. The maximum atomic E-state index is 13.5. The number of rotatable bonds is 12.